The second-order valence-corrected chi connectivity index (χ2v) is 3.52. The monoisotopic (exact) mass is 212 g/mol. The molecule has 13 heavy (non-hydrogen) atoms. The van der Waals surface area contributed by atoms with Gasteiger partial charge in [0, 0.05) is 0 Å². The Labute approximate surface area is 73.7 Å². The zero-order chi connectivity index (χ0) is 10.5. The SMILES string of the molecule is O=C(O)CNS(=O)(=O)NCC(=O)O. The minimum atomic E-state index is -4.03. The molecule has 0 saturated heterocycles. The fraction of sp³-hybridized carbons (Fsp3) is 0.500. The van der Waals surface area contributed by atoms with Gasteiger partial charge in [-0.05, 0) is 0 Å². The minimum absolute atomic E-state index is 0.797. The first-order valence-electron chi connectivity index (χ1n) is 3.01. The largest absolute Gasteiger partial charge is 0.480 e. The van der Waals surface area contributed by atoms with E-state index in [2.05, 4.69) is 0 Å². The summed E-state index contributed by atoms with van der Waals surface area (Å²) in [6, 6.07) is 0. The molecule has 0 saturated carbocycles. The molecule has 0 atom stereocenters. The summed E-state index contributed by atoms with van der Waals surface area (Å²) in [6.45, 7) is -1.59. The molecule has 0 aliphatic carbocycles. The van der Waals surface area contributed by atoms with Crippen molar-refractivity contribution in [2.75, 3.05) is 13.1 Å². The molecule has 0 fully saturated rings. The highest BCUT2D eigenvalue weighted by Crippen LogP contribution is 1.75. The number of aliphatic carboxylic acids is 2. The third-order valence-corrected chi connectivity index (χ3v) is 1.88. The van der Waals surface area contributed by atoms with Gasteiger partial charge >= 0.3 is 11.9 Å². The first-order valence-corrected chi connectivity index (χ1v) is 4.49. The van der Waals surface area contributed by atoms with Crippen LogP contribution >= 0.6 is 0 Å². The lowest BCUT2D eigenvalue weighted by Crippen LogP contribution is -2.41. The summed E-state index contributed by atoms with van der Waals surface area (Å²) in [7, 11) is -4.03. The average molecular weight is 212 g/mol. The van der Waals surface area contributed by atoms with Crippen molar-refractivity contribution in [2.45, 2.75) is 0 Å². The van der Waals surface area contributed by atoms with Crippen LogP contribution in [0.3, 0.4) is 0 Å². The number of carbonyl (C=O) groups is 2. The summed E-state index contributed by atoms with van der Waals surface area (Å²) >= 11 is 0. The average Bonchev–Trinajstić information content (AvgIpc) is 1.98. The van der Waals surface area contributed by atoms with E-state index in [9.17, 15) is 18.0 Å². The van der Waals surface area contributed by atoms with Gasteiger partial charge in [-0.3, -0.25) is 9.59 Å². The van der Waals surface area contributed by atoms with Gasteiger partial charge < -0.3 is 10.2 Å². The van der Waals surface area contributed by atoms with Crippen molar-refractivity contribution in [3.63, 3.8) is 0 Å². The highest BCUT2D eigenvalue weighted by atomic mass is 32.2. The Kier molecular flexibility index (Phi) is 4.31. The van der Waals surface area contributed by atoms with E-state index < -0.39 is 35.2 Å². The molecule has 0 amide bonds. The molecular formula is C4H8N2O6S. The lowest BCUT2D eigenvalue weighted by Gasteiger charge is -2.03. The standard InChI is InChI=1S/C4H8N2O6S/c7-3(8)1-5-13(11,12)6-2-4(9)10/h5-6H,1-2H2,(H,7,8)(H,9,10). The molecule has 0 radical (unpaired) electrons. The van der Waals surface area contributed by atoms with Crippen LogP contribution in [0, 0.1) is 0 Å². The molecule has 0 unspecified atom stereocenters. The lowest BCUT2D eigenvalue weighted by atomic mass is 10.7. The Hall–Kier alpha value is -1.19. The minimum Gasteiger partial charge on any atom is -0.480 e. The van der Waals surface area contributed by atoms with Gasteiger partial charge in [0.1, 0.15) is 13.1 Å². The molecule has 0 rings (SSSR count). The molecule has 9 heteroatoms. The third kappa shape index (κ3) is 7.18. The van der Waals surface area contributed by atoms with Gasteiger partial charge in [-0.2, -0.15) is 17.9 Å². The number of carboxylic acids is 2. The summed E-state index contributed by atoms with van der Waals surface area (Å²) in [5, 5.41) is 16.2. The van der Waals surface area contributed by atoms with Crippen LogP contribution in [0.5, 0.6) is 0 Å². The quantitative estimate of drug-likeness (QED) is 0.387. The Bertz CT molecular complexity index is 272. The van der Waals surface area contributed by atoms with Crippen LogP contribution in [0.2, 0.25) is 0 Å². The van der Waals surface area contributed by atoms with E-state index in [0.717, 1.165) is 0 Å². The van der Waals surface area contributed by atoms with Gasteiger partial charge in [0.15, 0.2) is 0 Å². The maximum Gasteiger partial charge on any atom is 0.318 e. The second-order valence-electron chi connectivity index (χ2n) is 1.93. The predicted molar refractivity (Wildman–Crippen MR) is 40.2 cm³/mol. The molecule has 0 aromatic carbocycles. The zero-order valence-corrected chi connectivity index (χ0v) is 7.17. The molecule has 0 spiro atoms. The van der Waals surface area contributed by atoms with Gasteiger partial charge in [-0.15, -0.1) is 0 Å². The van der Waals surface area contributed by atoms with Crippen LogP contribution in [0.4, 0.5) is 0 Å². The summed E-state index contributed by atoms with van der Waals surface area (Å²) in [4.78, 5) is 19.8. The summed E-state index contributed by atoms with van der Waals surface area (Å²) in [6.07, 6.45) is 0. The van der Waals surface area contributed by atoms with Crippen molar-refractivity contribution < 1.29 is 28.2 Å². The van der Waals surface area contributed by atoms with Gasteiger partial charge in [-0.1, -0.05) is 0 Å². The first-order chi connectivity index (χ1) is 5.83. The summed E-state index contributed by atoms with van der Waals surface area (Å²) in [5.41, 5.74) is 0. The van der Waals surface area contributed by atoms with Crippen molar-refractivity contribution >= 4 is 22.1 Å². The van der Waals surface area contributed by atoms with Gasteiger partial charge in [0.25, 0.3) is 10.2 Å². The number of rotatable bonds is 6. The van der Waals surface area contributed by atoms with E-state index in [0.29, 0.717) is 0 Å². The highest BCUT2D eigenvalue weighted by molar-refractivity contribution is 7.87. The van der Waals surface area contributed by atoms with Crippen molar-refractivity contribution in [2.24, 2.45) is 0 Å². The molecule has 0 aliphatic heterocycles. The Morgan fingerprint density at radius 3 is 1.54 bits per heavy atom. The molecule has 76 valence electrons. The molecular weight excluding hydrogens is 204 g/mol. The third-order valence-electron chi connectivity index (χ3n) is 0.827. The number of nitrogens with one attached hydrogen (secondary N) is 2. The predicted octanol–water partition coefficient (Wildman–Crippen LogP) is -2.42. The van der Waals surface area contributed by atoms with E-state index in [1.807, 2.05) is 0 Å². The molecule has 0 bridgehead atoms. The number of carboxylic acid groups (broad SMARTS) is 2. The first kappa shape index (κ1) is 11.8. The Morgan fingerprint density at radius 1 is 1.00 bits per heavy atom. The number of hydrogen-bond donors (Lipinski definition) is 4. The number of hydrogen-bond acceptors (Lipinski definition) is 4. The van der Waals surface area contributed by atoms with Crippen molar-refractivity contribution in [1.82, 2.24) is 9.44 Å². The van der Waals surface area contributed by atoms with E-state index in [1.54, 1.807) is 9.44 Å². The van der Waals surface area contributed by atoms with E-state index >= 15 is 0 Å². The van der Waals surface area contributed by atoms with Gasteiger partial charge in [-0.25, -0.2) is 0 Å². The fourth-order valence-corrected chi connectivity index (χ4v) is 1.09. The van der Waals surface area contributed by atoms with E-state index in [-0.39, 0.29) is 0 Å². The molecule has 0 heterocycles. The Balaban J connectivity index is 3.95. The molecule has 0 aliphatic rings. The van der Waals surface area contributed by atoms with Gasteiger partial charge in [0.2, 0.25) is 0 Å². The van der Waals surface area contributed by atoms with Gasteiger partial charge in [0.05, 0.1) is 0 Å². The van der Waals surface area contributed by atoms with E-state index in [4.69, 9.17) is 10.2 Å². The van der Waals surface area contributed by atoms with E-state index in [1.165, 1.54) is 0 Å². The van der Waals surface area contributed by atoms with Crippen LogP contribution < -0.4 is 9.44 Å². The molecule has 0 aromatic heterocycles. The smallest absolute Gasteiger partial charge is 0.318 e. The molecule has 4 N–H and O–H groups in total. The molecule has 8 nitrogen and oxygen atoms in total. The molecule has 0 aromatic rings. The van der Waals surface area contributed by atoms with Crippen LogP contribution in [0.15, 0.2) is 0 Å². The van der Waals surface area contributed by atoms with Crippen molar-refractivity contribution in [3.05, 3.63) is 0 Å². The van der Waals surface area contributed by atoms with Crippen LogP contribution in [-0.4, -0.2) is 43.7 Å². The summed E-state index contributed by atoms with van der Waals surface area (Å²) in [5.74, 6) is -2.72. The van der Waals surface area contributed by atoms with Crippen LogP contribution in [0.25, 0.3) is 0 Å². The normalized spacial score (nSPS) is 11.1. The maximum absolute atomic E-state index is 10.7. The topological polar surface area (TPSA) is 133 Å². The zero-order valence-electron chi connectivity index (χ0n) is 6.35. The second kappa shape index (κ2) is 4.74. The lowest BCUT2D eigenvalue weighted by molar-refractivity contribution is -0.136. The van der Waals surface area contributed by atoms with Crippen LogP contribution in [0.1, 0.15) is 0 Å². The fourth-order valence-electron chi connectivity index (χ4n) is 0.365. The van der Waals surface area contributed by atoms with Crippen LogP contribution in [-0.2, 0) is 19.8 Å². The highest BCUT2D eigenvalue weighted by Gasteiger charge is 2.11. The van der Waals surface area contributed by atoms with Crippen molar-refractivity contribution in [1.29, 1.82) is 0 Å². The van der Waals surface area contributed by atoms with Crippen molar-refractivity contribution in [3.8, 4) is 0 Å². The summed E-state index contributed by atoms with van der Waals surface area (Å²) < 4.78 is 24.6. The maximum atomic E-state index is 10.7. The Morgan fingerprint density at radius 2 is 1.31 bits per heavy atom.